The number of hydrogen-bond donors (Lipinski definition) is 1. The monoisotopic (exact) mass is 523 g/mol. The zero-order chi connectivity index (χ0) is 27.6. The number of Topliss-reactive ketones (excluding diaryl/α,β-unsaturated/α-hetero) is 1. The first kappa shape index (κ1) is 28.3. The minimum atomic E-state index is -0.719. The van der Waals surface area contributed by atoms with Gasteiger partial charge in [0.1, 0.15) is 12.1 Å². The Morgan fingerprint density at radius 2 is 1.63 bits per heavy atom. The van der Waals surface area contributed by atoms with E-state index in [4.69, 9.17) is 0 Å². The average Bonchev–Trinajstić information content (AvgIpc) is 3.44. The summed E-state index contributed by atoms with van der Waals surface area (Å²) in [6.45, 7) is 10.9. The lowest BCUT2D eigenvalue weighted by Gasteiger charge is -2.29. The Labute approximate surface area is 227 Å². The van der Waals surface area contributed by atoms with Crippen molar-refractivity contribution in [3.8, 4) is 0 Å². The Bertz CT molecular complexity index is 1040. The topological polar surface area (TPSA) is 86.8 Å². The van der Waals surface area contributed by atoms with Crippen LogP contribution in [0, 0.1) is 11.8 Å². The number of benzene rings is 1. The summed E-state index contributed by atoms with van der Waals surface area (Å²) in [5, 5.41) is 2.96. The highest BCUT2D eigenvalue weighted by Gasteiger charge is 2.52. The van der Waals surface area contributed by atoms with Crippen molar-refractivity contribution in [3.05, 3.63) is 35.4 Å². The number of nitrogens with zero attached hydrogens (tertiary/aromatic N) is 2. The number of amides is 3. The summed E-state index contributed by atoms with van der Waals surface area (Å²) in [7, 11) is 0. The van der Waals surface area contributed by atoms with Gasteiger partial charge >= 0.3 is 0 Å². The normalized spacial score (nSPS) is 23.1. The minimum absolute atomic E-state index is 0.0169. The van der Waals surface area contributed by atoms with Gasteiger partial charge in [0.05, 0.1) is 12.6 Å². The van der Waals surface area contributed by atoms with E-state index in [1.54, 1.807) is 21.9 Å². The van der Waals surface area contributed by atoms with Crippen LogP contribution in [0.5, 0.6) is 0 Å². The summed E-state index contributed by atoms with van der Waals surface area (Å²) in [5.41, 5.74) is 1.63. The Morgan fingerprint density at radius 1 is 0.974 bits per heavy atom. The number of likely N-dealkylation sites (tertiary alicyclic amines) is 2. The van der Waals surface area contributed by atoms with Crippen molar-refractivity contribution in [2.24, 2.45) is 11.8 Å². The predicted octanol–water partition coefficient (Wildman–Crippen LogP) is 4.48. The summed E-state index contributed by atoms with van der Waals surface area (Å²) >= 11 is 0. The third-order valence-corrected chi connectivity index (χ3v) is 8.54. The van der Waals surface area contributed by atoms with E-state index in [0.29, 0.717) is 37.3 Å². The predicted molar refractivity (Wildman–Crippen MR) is 148 cm³/mol. The lowest BCUT2D eigenvalue weighted by molar-refractivity contribution is -0.138. The Balaban J connectivity index is 1.44. The van der Waals surface area contributed by atoms with Gasteiger partial charge in [0.15, 0.2) is 5.78 Å². The van der Waals surface area contributed by atoms with Crippen molar-refractivity contribution in [1.82, 2.24) is 15.1 Å². The van der Waals surface area contributed by atoms with Crippen LogP contribution in [0.15, 0.2) is 24.3 Å². The molecule has 3 fully saturated rings. The van der Waals surface area contributed by atoms with E-state index in [2.05, 4.69) is 26.1 Å². The molecule has 2 heterocycles. The molecule has 7 heteroatoms. The number of carbonyl (C=O) groups excluding carboxylic acids is 4. The van der Waals surface area contributed by atoms with E-state index in [1.165, 1.54) is 19.3 Å². The summed E-state index contributed by atoms with van der Waals surface area (Å²) in [6.07, 6.45) is 7.36. The van der Waals surface area contributed by atoms with Gasteiger partial charge in [-0.2, -0.15) is 0 Å². The number of hydrogen-bond acceptors (Lipinski definition) is 4. The quantitative estimate of drug-likeness (QED) is 0.571. The van der Waals surface area contributed by atoms with Crippen molar-refractivity contribution >= 4 is 23.5 Å². The Kier molecular flexibility index (Phi) is 8.63. The van der Waals surface area contributed by atoms with E-state index in [0.717, 1.165) is 18.4 Å². The molecule has 0 aromatic heterocycles. The standard InChI is InChI=1S/C31H45N3O4/c1-20(2)17-24(32-29(37)22-11-13-23(14-12-22)31(3,4)5)30(38)33-16-15-25-28(33)26(35)19-34(25)27(36)18-21-9-7-6-8-10-21/h11-14,20-21,24-25,28H,6-10,15-19H2,1-5H3,(H,32,37). The average molecular weight is 524 g/mol. The highest BCUT2D eigenvalue weighted by Crippen LogP contribution is 2.33. The van der Waals surface area contributed by atoms with Gasteiger partial charge in [-0.05, 0) is 60.6 Å². The highest BCUT2D eigenvalue weighted by molar-refractivity contribution is 6.00. The number of rotatable bonds is 7. The van der Waals surface area contributed by atoms with Crippen LogP contribution in [-0.2, 0) is 19.8 Å². The van der Waals surface area contributed by atoms with Gasteiger partial charge < -0.3 is 15.1 Å². The van der Waals surface area contributed by atoms with Crippen molar-refractivity contribution in [1.29, 1.82) is 0 Å². The molecule has 0 spiro atoms. The van der Waals surface area contributed by atoms with E-state index in [-0.39, 0.29) is 47.4 Å². The van der Waals surface area contributed by atoms with Crippen LogP contribution in [0.25, 0.3) is 0 Å². The largest absolute Gasteiger partial charge is 0.340 e. The molecule has 7 nitrogen and oxygen atoms in total. The number of ketones is 1. The molecule has 0 radical (unpaired) electrons. The molecule has 0 bridgehead atoms. The van der Waals surface area contributed by atoms with Crippen LogP contribution in [-0.4, -0.2) is 64.5 Å². The molecule has 38 heavy (non-hydrogen) atoms. The van der Waals surface area contributed by atoms with Gasteiger partial charge in [0.2, 0.25) is 11.8 Å². The summed E-state index contributed by atoms with van der Waals surface area (Å²) in [5.74, 6) is 0.0671. The Hall–Kier alpha value is -2.70. The van der Waals surface area contributed by atoms with Gasteiger partial charge in [-0.25, -0.2) is 0 Å². The molecule has 2 saturated heterocycles. The first-order valence-corrected chi connectivity index (χ1v) is 14.5. The molecule has 1 aromatic carbocycles. The van der Waals surface area contributed by atoms with Crippen LogP contribution in [0.3, 0.4) is 0 Å². The summed E-state index contributed by atoms with van der Waals surface area (Å²) in [4.78, 5) is 56.5. The third-order valence-electron chi connectivity index (χ3n) is 8.54. The highest BCUT2D eigenvalue weighted by atomic mass is 16.2. The van der Waals surface area contributed by atoms with Gasteiger partial charge in [0, 0.05) is 18.5 Å². The van der Waals surface area contributed by atoms with Gasteiger partial charge in [-0.15, -0.1) is 0 Å². The third kappa shape index (κ3) is 6.29. The smallest absolute Gasteiger partial charge is 0.251 e. The first-order chi connectivity index (χ1) is 18.0. The van der Waals surface area contributed by atoms with E-state index < -0.39 is 12.1 Å². The zero-order valence-corrected chi connectivity index (χ0v) is 23.8. The second kappa shape index (κ2) is 11.6. The fraction of sp³-hybridized carbons (Fsp3) is 0.677. The lowest BCUT2D eigenvalue weighted by atomic mass is 9.86. The van der Waals surface area contributed by atoms with Gasteiger partial charge in [-0.3, -0.25) is 19.2 Å². The van der Waals surface area contributed by atoms with Crippen LogP contribution in [0.4, 0.5) is 0 Å². The molecular formula is C31H45N3O4. The van der Waals surface area contributed by atoms with Gasteiger partial charge in [-0.1, -0.05) is 66.0 Å². The fourth-order valence-electron chi connectivity index (χ4n) is 6.40. The maximum atomic E-state index is 13.8. The van der Waals surface area contributed by atoms with Gasteiger partial charge in [0.25, 0.3) is 5.91 Å². The second-order valence-corrected chi connectivity index (χ2v) is 13.0. The fourth-order valence-corrected chi connectivity index (χ4v) is 6.40. The second-order valence-electron chi connectivity index (χ2n) is 13.0. The summed E-state index contributed by atoms with van der Waals surface area (Å²) < 4.78 is 0. The summed E-state index contributed by atoms with van der Waals surface area (Å²) in [6, 6.07) is 5.94. The van der Waals surface area contributed by atoms with Crippen LogP contribution in [0.2, 0.25) is 0 Å². The van der Waals surface area contributed by atoms with Crippen molar-refractivity contribution in [2.75, 3.05) is 13.1 Å². The number of carbonyl (C=O) groups is 4. The molecule has 1 aliphatic carbocycles. The number of nitrogens with one attached hydrogen (secondary N) is 1. The molecular weight excluding hydrogens is 478 g/mol. The molecule has 3 atom stereocenters. The maximum absolute atomic E-state index is 13.8. The molecule has 1 saturated carbocycles. The molecule has 4 rings (SSSR count). The molecule has 3 aliphatic rings. The number of fused-ring (bicyclic) bond motifs is 1. The molecule has 208 valence electrons. The molecule has 1 aromatic rings. The van der Waals surface area contributed by atoms with Crippen LogP contribution in [0.1, 0.15) is 102 Å². The van der Waals surface area contributed by atoms with Crippen molar-refractivity contribution in [3.63, 3.8) is 0 Å². The van der Waals surface area contributed by atoms with E-state index >= 15 is 0 Å². The van der Waals surface area contributed by atoms with Crippen molar-refractivity contribution < 1.29 is 19.2 Å². The molecule has 3 unspecified atom stereocenters. The molecule has 3 amide bonds. The molecule has 1 N–H and O–H groups in total. The van der Waals surface area contributed by atoms with E-state index in [1.807, 2.05) is 26.0 Å². The Morgan fingerprint density at radius 3 is 2.24 bits per heavy atom. The SMILES string of the molecule is CC(C)CC(NC(=O)c1ccc(C(C)(C)C)cc1)C(=O)N1CCC2C1C(=O)CN2C(=O)CC1CCCCC1. The first-order valence-electron chi connectivity index (χ1n) is 14.5. The van der Waals surface area contributed by atoms with E-state index in [9.17, 15) is 19.2 Å². The maximum Gasteiger partial charge on any atom is 0.251 e. The molecule has 2 aliphatic heterocycles. The van der Waals surface area contributed by atoms with Crippen LogP contribution < -0.4 is 5.32 Å². The van der Waals surface area contributed by atoms with Crippen LogP contribution >= 0.6 is 0 Å². The van der Waals surface area contributed by atoms with Crippen molar-refractivity contribution in [2.45, 2.75) is 110 Å². The minimum Gasteiger partial charge on any atom is -0.340 e. The zero-order valence-electron chi connectivity index (χ0n) is 23.8. The lowest BCUT2D eigenvalue weighted by Crippen LogP contribution is -2.53.